The molecule has 0 aliphatic rings. The highest BCUT2D eigenvalue weighted by molar-refractivity contribution is 5.83. The van der Waals surface area contributed by atoms with Gasteiger partial charge in [-0.05, 0) is 65.4 Å². The predicted molar refractivity (Wildman–Crippen MR) is 180 cm³/mol. The molecule has 0 spiro atoms. The van der Waals surface area contributed by atoms with E-state index in [1.54, 1.807) is 18.3 Å². The summed E-state index contributed by atoms with van der Waals surface area (Å²) in [5.41, 5.74) is 2.39. The van der Waals surface area contributed by atoms with Crippen molar-refractivity contribution in [2.75, 3.05) is 0 Å². The average molecular weight is 664 g/mol. The van der Waals surface area contributed by atoms with Crippen LogP contribution in [0.5, 0.6) is 17.4 Å². The molecule has 0 radical (unpaired) electrons. The fraction of sp³-hybridized carbons (Fsp3) is 0.333. The number of benzene rings is 3. The molecule has 0 amide bonds. The third-order valence-corrected chi connectivity index (χ3v) is 8.79. The van der Waals surface area contributed by atoms with Crippen LogP contribution in [0.25, 0.3) is 10.8 Å². The minimum absolute atomic E-state index is 0.378. The van der Waals surface area contributed by atoms with Gasteiger partial charge in [0, 0.05) is 35.7 Å². The molecule has 9 heteroatoms. The first-order chi connectivity index (χ1) is 22.8. The molecule has 0 saturated heterocycles. The Morgan fingerprint density at radius 1 is 0.708 bits per heavy atom. The molecule has 0 saturated carbocycles. The molecule has 5 rings (SSSR count). The Morgan fingerprint density at radius 3 is 1.96 bits per heavy atom. The topological polar surface area (TPSA) is 44.5 Å². The molecule has 0 aliphatic heterocycles. The van der Waals surface area contributed by atoms with Crippen molar-refractivity contribution in [1.29, 1.82) is 0 Å². The first-order valence-corrected chi connectivity index (χ1v) is 15.9. The van der Waals surface area contributed by atoms with E-state index in [-0.39, 0.29) is 5.92 Å². The molecular formula is C39H43F4N2O3+. The van der Waals surface area contributed by atoms with Crippen LogP contribution in [0.4, 0.5) is 17.6 Å². The summed E-state index contributed by atoms with van der Waals surface area (Å²) in [6.45, 7) is 5.93. The van der Waals surface area contributed by atoms with E-state index in [9.17, 15) is 17.6 Å². The molecule has 5 aromatic rings. The summed E-state index contributed by atoms with van der Waals surface area (Å²) in [7, 11) is 1.91. The zero-order valence-electron chi connectivity index (χ0n) is 28.4. The number of aromatic nitrogens is 2. The van der Waals surface area contributed by atoms with Crippen LogP contribution in [0.15, 0.2) is 104 Å². The highest BCUT2D eigenvalue weighted by Gasteiger charge is 2.41. The number of hydrogen-bond acceptors (Lipinski definition) is 4. The summed E-state index contributed by atoms with van der Waals surface area (Å²) < 4.78 is 69.8. The molecule has 48 heavy (non-hydrogen) atoms. The minimum atomic E-state index is -3.22. The van der Waals surface area contributed by atoms with Crippen molar-refractivity contribution < 1.29 is 36.3 Å². The normalized spacial score (nSPS) is 12.4. The van der Waals surface area contributed by atoms with Gasteiger partial charge in [0.05, 0.1) is 0 Å². The fourth-order valence-electron chi connectivity index (χ4n) is 5.43. The standard InChI is InChI=1S/C37H37F4N2O3.C2H6/c1-36(2,29-13-10-25-8-6-7-9-26(25)21-29)37(3,4)46-33-15-12-28(23-42-33)30(20-24-16-18-43(5)19-17-24)27-11-14-31(44-34(38)39)32(22-27)45-35(40)41;1-2/h6-19,21-23,30,34-35H,20H2,1-5H3;1-2H3/q+1;. The van der Waals surface area contributed by atoms with Crippen LogP contribution in [-0.2, 0) is 18.9 Å². The second-order valence-electron chi connectivity index (χ2n) is 12.3. The van der Waals surface area contributed by atoms with Crippen LogP contribution < -0.4 is 18.8 Å². The smallest absolute Gasteiger partial charge is 0.387 e. The van der Waals surface area contributed by atoms with E-state index >= 15 is 0 Å². The number of halogens is 4. The summed E-state index contributed by atoms with van der Waals surface area (Å²) in [5, 5.41) is 2.32. The van der Waals surface area contributed by atoms with Gasteiger partial charge in [0.1, 0.15) is 12.6 Å². The van der Waals surface area contributed by atoms with Crippen LogP contribution in [0, 0.1) is 0 Å². The van der Waals surface area contributed by atoms with Gasteiger partial charge in [-0.2, -0.15) is 17.6 Å². The third kappa shape index (κ3) is 8.62. The maximum Gasteiger partial charge on any atom is 0.387 e. The second-order valence-corrected chi connectivity index (χ2v) is 12.3. The molecule has 0 fully saturated rings. The number of aryl methyl sites for hydroxylation is 1. The lowest BCUT2D eigenvalue weighted by Crippen LogP contribution is -2.47. The number of nitrogens with zero attached hydrogens (tertiary/aromatic N) is 2. The van der Waals surface area contributed by atoms with E-state index in [2.05, 4.69) is 58.6 Å². The lowest BCUT2D eigenvalue weighted by Gasteiger charge is -2.41. The Labute approximate surface area is 280 Å². The summed E-state index contributed by atoms with van der Waals surface area (Å²) in [6.07, 6.45) is 5.99. The van der Waals surface area contributed by atoms with Gasteiger partial charge in [-0.3, -0.25) is 0 Å². The van der Waals surface area contributed by atoms with Crippen LogP contribution in [-0.4, -0.2) is 23.8 Å². The molecule has 0 N–H and O–H groups in total. The van der Waals surface area contributed by atoms with Crippen LogP contribution in [0.1, 0.15) is 69.7 Å². The molecule has 1 atom stereocenters. The zero-order valence-corrected chi connectivity index (χ0v) is 28.4. The Balaban J connectivity index is 0.00000255. The predicted octanol–water partition coefficient (Wildman–Crippen LogP) is 9.80. The van der Waals surface area contributed by atoms with Gasteiger partial charge >= 0.3 is 13.2 Å². The summed E-state index contributed by atoms with van der Waals surface area (Å²) in [5.74, 6) is -0.891. The molecule has 1 unspecified atom stereocenters. The van der Waals surface area contributed by atoms with Gasteiger partial charge in [-0.25, -0.2) is 9.55 Å². The average Bonchev–Trinajstić information content (AvgIpc) is 3.06. The Kier molecular flexibility index (Phi) is 11.7. The Hall–Kier alpha value is -4.66. The van der Waals surface area contributed by atoms with Gasteiger partial charge < -0.3 is 14.2 Å². The van der Waals surface area contributed by atoms with Crippen molar-refractivity contribution >= 4 is 10.8 Å². The lowest BCUT2D eigenvalue weighted by molar-refractivity contribution is -0.671. The summed E-state index contributed by atoms with van der Waals surface area (Å²) in [6, 6.07) is 26.4. The largest absolute Gasteiger partial charge is 0.471 e. The maximum absolute atomic E-state index is 13.2. The second kappa shape index (κ2) is 15.5. The molecule has 5 nitrogen and oxygen atoms in total. The molecule has 3 aromatic carbocycles. The van der Waals surface area contributed by atoms with E-state index in [1.165, 1.54) is 17.5 Å². The monoisotopic (exact) mass is 663 g/mol. The van der Waals surface area contributed by atoms with Gasteiger partial charge in [0.2, 0.25) is 5.88 Å². The molecular weight excluding hydrogens is 620 g/mol. The molecule has 254 valence electrons. The van der Waals surface area contributed by atoms with Gasteiger partial charge in [-0.1, -0.05) is 82.3 Å². The quantitative estimate of drug-likeness (QED) is 0.0985. The molecule has 2 aromatic heterocycles. The van der Waals surface area contributed by atoms with E-state index in [0.717, 1.165) is 22.1 Å². The van der Waals surface area contributed by atoms with Crippen LogP contribution in [0.3, 0.4) is 0 Å². The van der Waals surface area contributed by atoms with Gasteiger partial charge in [0.25, 0.3) is 0 Å². The number of rotatable bonds is 12. The van der Waals surface area contributed by atoms with E-state index in [0.29, 0.717) is 17.9 Å². The Morgan fingerprint density at radius 2 is 1.33 bits per heavy atom. The Bertz CT molecular complexity index is 1780. The molecule has 2 heterocycles. The first kappa shape index (κ1) is 36.2. The number of hydrogen-bond donors (Lipinski definition) is 0. The zero-order chi connectivity index (χ0) is 35.1. The van der Waals surface area contributed by atoms with Crippen LogP contribution in [0.2, 0.25) is 0 Å². The van der Waals surface area contributed by atoms with Crippen molar-refractivity contribution in [2.45, 2.75) is 78.1 Å². The van der Waals surface area contributed by atoms with Crippen molar-refractivity contribution in [3.05, 3.63) is 126 Å². The highest BCUT2D eigenvalue weighted by atomic mass is 19.3. The third-order valence-electron chi connectivity index (χ3n) is 8.79. The number of alkyl halides is 4. The molecule has 0 bridgehead atoms. The number of fused-ring (bicyclic) bond motifs is 1. The number of ether oxygens (including phenoxy) is 3. The molecule has 0 aliphatic carbocycles. The fourth-order valence-corrected chi connectivity index (χ4v) is 5.43. The number of pyridine rings is 2. The van der Waals surface area contributed by atoms with Gasteiger partial charge in [0.15, 0.2) is 23.9 Å². The maximum atomic E-state index is 13.2. The van der Waals surface area contributed by atoms with E-state index < -0.39 is 35.7 Å². The SMILES string of the molecule is CC.C[n+]1ccc(CC(c2ccc(OC(C)(C)C(C)(C)c3ccc4ccccc4c3)nc2)c2ccc(OC(F)F)c(OC(F)F)c2)cc1. The lowest BCUT2D eigenvalue weighted by atomic mass is 9.71. The van der Waals surface area contributed by atoms with Crippen molar-refractivity contribution in [1.82, 2.24) is 4.98 Å². The highest BCUT2D eigenvalue weighted by Crippen LogP contribution is 2.40. The minimum Gasteiger partial charge on any atom is -0.471 e. The summed E-state index contributed by atoms with van der Waals surface area (Å²) >= 11 is 0. The van der Waals surface area contributed by atoms with Crippen molar-refractivity contribution in [2.24, 2.45) is 7.05 Å². The van der Waals surface area contributed by atoms with Crippen LogP contribution >= 0.6 is 0 Å². The first-order valence-electron chi connectivity index (χ1n) is 15.9. The van der Waals surface area contributed by atoms with E-state index in [4.69, 9.17) is 4.74 Å². The van der Waals surface area contributed by atoms with Crippen molar-refractivity contribution in [3.8, 4) is 17.4 Å². The van der Waals surface area contributed by atoms with Gasteiger partial charge in [-0.15, -0.1) is 0 Å². The van der Waals surface area contributed by atoms with Crippen molar-refractivity contribution in [3.63, 3.8) is 0 Å². The van der Waals surface area contributed by atoms with E-state index in [1.807, 2.05) is 82.0 Å². The summed E-state index contributed by atoms with van der Waals surface area (Å²) in [4.78, 5) is 4.65.